The largest absolute Gasteiger partial charge is 0.481 e. The van der Waals surface area contributed by atoms with Crippen LogP contribution in [0.5, 0.6) is 0 Å². The lowest BCUT2D eigenvalue weighted by Crippen LogP contribution is -2.14. The zero-order valence-corrected chi connectivity index (χ0v) is 10.5. The second-order valence-corrected chi connectivity index (χ2v) is 6.81. The van der Waals surface area contributed by atoms with Crippen molar-refractivity contribution in [3.63, 3.8) is 0 Å². The molecule has 6 heteroatoms. The van der Waals surface area contributed by atoms with Crippen molar-refractivity contribution in [1.29, 1.82) is 0 Å². The van der Waals surface area contributed by atoms with Gasteiger partial charge in [-0.05, 0) is 17.7 Å². The average Bonchev–Trinajstić information content (AvgIpc) is 3.05. The van der Waals surface area contributed by atoms with E-state index in [1.54, 1.807) is 6.07 Å². The summed E-state index contributed by atoms with van der Waals surface area (Å²) in [5.74, 6) is -3.34. The summed E-state index contributed by atoms with van der Waals surface area (Å²) in [4.78, 5) is 11.0. The summed E-state index contributed by atoms with van der Waals surface area (Å²) in [6.07, 6.45) is 0. The molecule has 1 aliphatic carbocycles. The standard InChI is InChI=1S/C12H13FO4S/c1-2-18(16,17)11-9(10(11)12(14)15)7-4-3-5-8(13)6-7/h3-6,9-11H,2H2,1H3,(H,14,15). The predicted octanol–water partition coefficient (Wildman–Crippen LogP) is 1.43. The highest BCUT2D eigenvalue weighted by Gasteiger charge is 2.62. The second kappa shape index (κ2) is 4.35. The van der Waals surface area contributed by atoms with Gasteiger partial charge in [0.1, 0.15) is 5.82 Å². The molecule has 1 saturated carbocycles. The lowest BCUT2D eigenvalue weighted by molar-refractivity contribution is -0.138. The summed E-state index contributed by atoms with van der Waals surface area (Å²) in [5, 5.41) is 8.10. The van der Waals surface area contributed by atoms with E-state index < -0.39 is 38.7 Å². The summed E-state index contributed by atoms with van der Waals surface area (Å²) in [7, 11) is -3.43. The van der Waals surface area contributed by atoms with Gasteiger partial charge in [0, 0.05) is 11.7 Å². The van der Waals surface area contributed by atoms with Crippen molar-refractivity contribution in [1.82, 2.24) is 0 Å². The molecule has 1 fully saturated rings. The fourth-order valence-electron chi connectivity index (χ4n) is 2.33. The van der Waals surface area contributed by atoms with Crippen molar-refractivity contribution in [2.75, 3.05) is 5.75 Å². The number of aliphatic carboxylic acids is 1. The Balaban J connectivity index is 2.37. The van der Waals surface area contributed by atoms with Crippen molar-refractivity contribution in [3.05, 3.63) is 35.6 Å². The number of hydrogen-bond acceptors (Lipinski definition) is 3. The van der Waals surface area contributed by atoms with Crippen LogP contribution in [-0.4, -0.2) is 30.5 Å². The molecule has 3 atom stereocenters. The van der Waals surface area contributed by atoms with Crippen LogP contribution in [0, 0.1) is 11.7 Å². The average molecular weight is 272 g/mol. The first kappa shape index (κ1) is 13.0. The number of benzene rings is 1. The Bertz CT molecular complexity index is 581. The molecule has 0 bridgehead atoms. The van der Waals surface area contributed by atoms with Gasteiger partial charge < -0.3 is 5.11 Å². The maximum absolute atomic E-state index is 13.1. The molecule has 0 spiro atoms. The van der Waals surface area contributed by atoms with Gasteiger partial charge in [0.25, 0.3) is 0 Å². The molecule has 4 nitrogen and oxygen atoms in total. The Hall–Kier alpha value is -1.43. The zero-order chi connectivity index (χ0) is 13.5. The molecular weight excluding hydrogens is 259 g/mol. The first-order chi connectivity index (χ1) is 8.38. The molecule has 18 heavy (non-hydrogen) atoms. The third-order valence-electron chi connectivity index (χ3n) is 3.29. The number of carboxylic acid groups (broad SMARTS) is 1. The van der Waals surface area contributed by atoms with Crippen LogP contribution in [0.2, 0.25) is 0 Å². The molecule has 0 aliphatic heterocycles. The van der Waals surface area contributed by atoms with Crippen LogP contribution in [0.4, 0.5) is 4.39 Å². The van der Waals surface area contributed by atoms with Crippen molar-refractivity contribution in [3.8, 4) is 0 Å². The van der Waals surface area contributed by atoms with Crippen molar-refractivity contribution in [2.24, 2.45) is 5.92 Å². The monoisotopic (exact) mass is 272 g/mol. The van der Waals surface area contributed by atoms with E-state index in [2.05, 4.69) is 0 Å². The van der Waals surface area contributed by atoms with Gasteiger partial charge in [-0.3, -0.25) is 4.79 Å². The van der Waals surface area contributed by atoms with Gasteiger partial charge in [-0.2, -0.15) is 0 Å². The van der Waals surface area contributed by atoms with Gasteiger partial charge in [0.05, 0.1) is 11.2 Å². The van der Waals surface area contributed by atoms with E-state index in [-0.39, 0.29) is 5.75 Å². The molecule has 0 aromatic heterocycles. The lowest BCUT2D eigenvalue weighted by atomic mass is 10.1. The number of carbonyl (C=O) groups is 1. The minimum atomic E-state index is -3.43. The van der Waals surface area contributed by atoms with E-state index in [4.69, 9.17) is 5.11 Å². The molecule has 0 heterocycles. The molecule has 98 valence electrons. The lowest BCUT2D eigenvalue weighted by Gasteiger charge is -2.00. The van der Waals surface area contributed by atoms with Crippen LogP contribution in [0.3, 0.4) is 0 Å². The summed E-state index contributed by atoms with van der Waals surface area (Å²) in [6.45, 7) is 1.48. The molecule has 1 aliphatic rings. The van der Waals surface area contributed by atoms with Gasteiger partial charge in [-0.1, -0.05) is 19.1 Å². The Labute approximate surface area is 104 Å². The topological polar surface area (TPSA) is 71.4 Å². The molecule has 0 saturated heterocycles. The smallest absolute Gasteiger partial charge is 0.308 e. The maximum Gasteiger partial charge on any atom is 0.308 e. The fraction of sp³-hybridized carbons (Fsp3) is 0.417. The summed E-state index contributed by atoms with van der Waals surface area (Å²) in [6, 6.07) is 5.46. The molecule has 1 aromatic carbocycles. The number of carboxylic acids is 1. The molecule has 1 aromatic rings. The minimum absolute atomic E-state index is 0.104. The van der Waals surface area contributed by atoms with Gasteiger partial charge in [-0.15, -0.1) is 0 Å². The molecule has 0 amide bonds. The number of rotatable bonds is 4. The van der Waals surface area contributed by atoms with Crippen LogP contribution >= 0.6 is 0 Å². The molecule has 3 unspecified atom stereocenters. The van der Waals surface area contributed by atoms with Gasteiger partial charge >= 0.3 is 5.97 Å². The Morgan fingerprint density at radius 3 is 2.61 bits per heavy atom. The Morgan fingerprint density at radius 2 is 2.11 bits per heavy atom. The van der Waals surface area contributed by atoms with E-state index >= 15 is 0 Å². The Kier molecular flexibility index (Phi) is 3.14. The molecule has 2 rings (SSSR count). The van der Waals surface area contributed by atoms with E-state index in [1.807, 2.05) is 0 Å². The van der Waals surface area contributed by atoms with Crippen LogP contribution in [0.25, 0.3) is 0 Å². The quantitative estimate of drug-likeness (QED) is 0.900. The number of halogens is 1. The highest BCUT2D eigenvalue weighted by molar-refractivity contribution is 7.92. The van der Waals surface area contributed by atoms with Crippen molar-refractivity contribution >= 4 is 15.8 Å². The Morgan fingerprint density at radius 1 is 1.44 bits per heavy atom. The SMILES string of the molecule is CCS(=O)(=O)C1C(C(=O)O)C1c1cccc(F)c1. The van der Waals surface area contributed by atoms with E-state index in [0.29, 0.717) is 5.56 Å². The zero-order valence-electron chi connectivity index (χ0n) is 9.71. The van der Waals surface area contributed by atoms with Gasteiger partial charge in [0.15, 0.2) is 9.84 Å². The van der Waals surface area contributed by atoms with Crippen LogP contribution in [0.15, 0.2) is 24.3 Å². The minimum Gasteiger partial charge on any atom is -0.481 e. The van der Waals surface area contributed by atoms with E-state index in [1.165, 1.54) is 25.1 Å². The van der Waals surface area contributed by atoms with Gasteiger partial charge in [0.2, 0.25) is 0 Å². The molecule has 0 radical (unpaired) electrons. The number of hydrogen-bond donors (Lipinski definition) is 1. The molecular formula is C12H13FO4S. The third kappa shape index (κ3) is 2.12. The highest BCUT2D eigenvalue weighted by Crippen LogP contribution is 2.52. The maximum atomic E-state index is 13.1. The van der Waals surface area contributed by atoms with E-state index in [0.717, 1.165) is 0 Å². The van der Waals surface area contributed by atoms with Crippen molar-refractivity contribution < 1.29 is 22.7 Å². The van der Waals surface area contributed by atoms with Crippen LogP contribution in [-0.2, 0) is 14.6 Å². The van der Waals surface area contributed by atoms with Gasteiger partial charge in [-0.25, -0.2) is 12.8 Å². The summed E-state index contributed by atoms with van der Waals surface area (Å²) in [5.41, 5.74) is 0.435. The van der Waals surface area contributed by atoms with E-state index in [9.17, 15) is 17.6 Å². The summed E-state index contributed by atoms with van der Waals surface area (Å²) < 4.78 is 36.7. The van der Waals surface area contributed by atoms with Crippen LogP contribution in [0.1, 0.15) is 18.4 Å². The highest BCUT2D eigenvalue weighted by atomic mass is 32.2. The number of sulfone groups is 1. The second-order valence-electron chi connectivity index (χ2n) is 4.36. The third-order valence-corrected chi connectivity index (χ3v) is 5.51. The summed E-state index contributed by atoms with van der Waals surface area (Å²) >= 11 is 0. The molecule has 1 N–H and O–H groups in total. The fourth-order valence-corrected chi connectivity index (χ4v) is 4.13. The first-order valence-corrected chi connectivity index (χ1v) is 7.30. The van der Waals surface area contributed by atoms with Crippen molar-refractivity contribution in [2.45, 2.75) is 18.1 Å². The normalized spacial score (nSPS) is 26.9. The first-order valence-electron chi connectivity index (χ1n) is 5.58. The van der Waals surface area contributed by atoms with Crippen LogP contribution < -0.4 is 0 Å². The predicted molar refractivity (Wildman–Crippen MR) is 63.5 cm³/mol.